The van der Waals surface area contributed by atoms with Gasteiger partial charge in [0.15, 0.2) is 5.71 Å². The van der Waals surface area contributed by atoms with Crippen LogP contribution < -0.4 is 4.90 Å². The van der Waals surface area contributed by atoms with E-state index in [1.54, 1.807) is 6.07 Å². The molecule has 0 saturated heterocycles. The van der Waals surface area contributed by atoms with E-state index in [0.717, 1.165) is 11.8 Å². The number of hydrogen-bond acceptors (Lipinski definition) is 6. The van der Waals surface area contributed by atoms with Crippen molar-refractivity contribution in [3.8, 4) is 0 Å². The van der Waals surface area contributed by atoms with Crippen LogP contribution in [0.3, 0.4) is 0 Å². The van der Waals surface area contributed by atoms with E-state index < -0.39 is 41.4 Å². The molecule has 0 spiro atoms. The van der Waals surface area contributed by atoms with Crippen molar-refractivity contribution < 1.29 is 40.4 Å². The molecule has 0 radical (unpaired) electrons. The molecule has 0 aliphatic carbocycles. The molecule has 3 aromatic rings. The van der Waals surface area contributed by atoms with E-state index in [2.05, 4.69) is 93.8 Å². The summed E-state index contributed by atoms with van der Waals surface area (Å²) in [5.74, 6) is -0.857. The van der Waals surface area contributed by atoms with E-state index in [9.17, 15) is 30.7 Å². The fourth-order valence-electron chi connectivity index (χ4n) is 7.39. The van der Waals surface area contributed by atoms with E-state index in [1.807, 2.05) is 50.3 Å². The Morgan fingerprint density at radius 1 is 0.827 bits per heavy atom. The quantitative estimate of drug-likeness (QED) is 0.0533. The molecule has 14 heteroatoms. The van der Waals surface area contributed by atoms with Gasteiger partial charge >= 0.3 is 5.97 Å². The molecule has 3 N–H and O–H groups in total. The molecule has 52 heavy (non-hydrogen) atoms. The number of aliphatic carboxylic acids is 1. The van der Waals surface area contributed by atoms with Gasteiger partial charge in [0.25, 0.3) is 20.2 Å². The minimum absolute atomic E-state index is 0.0639. The van der Waals surface area contributed by atoms with Crippen molar-refractivity contribution in [1.29, 1.82) is 0 Å². The maximum Gasteiger partial charge on any atom is 0.303 e. The Kier molecular flexibility index (Phi) is 11.7. The predicted octanol–water partition coefficient (Wildman–Crippen LogP) is 8.54. The summed E-state index contributed by atoms with van der Waals surface area (Å²) in [6.45, 7) is 8.87. The van der Waals surface area contributed by atoms with Crippen molar-refractivity contribution in [2.45, 2.75) is 74.0 Å². The summed E-state index contributed by atoms with van der Waals surface area (Å²) in [7, 11) is -7.60. The molecule has 0 fully saturated rings. The standard InChI is InChI=1S/C38H40I2N2O8S2/c1-37(2)32(41(5)30-21-24(39)20-28(40)36(30)37)14-10-7-6-8-11-15-33-38(3,4)35-27-22-25(51(45,46)47)23-31(52(48,49)50)26(27)17-18-29(35)42(33)19-13-9-12-16-34(43)44/h6-8,10-11,14-15,17-18,20-23H,9,12-13,16,19H2,1-5H3,(H2-,43,44,45,46,47,48,49,50)/p+1. The summed E-state index contributed by atoms with van der Waals surface area (Å²) in [6.07, 6.45) is 15.7. The van der Waals surface area contributed by atoms with Gasteiger partial charge in [0.2, 0.25) is 5.69 Å². The number of fused-ring (bicyclic) bond motifs is 4. The second-order valence-corrected chi connectivity index (χ2v) is 19.2. The van der Waals surface area contributed by atoms with Gasteiger partial charge in [-0.05, 0) is 114 Å². The van der Waals surface area contributed by atoms with Crippen molar-refractivity contribution in [2.24, 2.45) is 0 Å². The van der Waals surface area contributed by atoms with Crippen molar-refractivity contribution in [3.63, 3.8) is 0 Å². The van der Waals surface area contributed by atoms with Gasteiger partial charge in [-0.2, -0.15) is 21.4 Å². The third kappa shape index (κ3) is 7.97. The summed E-state index contributed by atoms with van der Waals surface area (Å²) in [5, 5.41) is 9.47. The van der Waals surface area contributed by atoms with Crippen LogP contribution in [0.2, 0.25) is 0 Å². The fourth-order valence-corrected chi connectivity index (χ4v) is 11.2. The number of rotatable bonds is 12. The first-order valence-electron chi connectivity index (χ1n) is 16.6. The fraction of sp³-hybridized carbons (Fsp3) is 0.316. The average Bonchev–Trinajstić information content (AvgIpc) is 3.36. The molecule has 0 aromatic heterocycles. The molecule has 0 saturated carbocycles. The Hall–Kier alpha value is -2.90. The molecule has 0 atom stereocenters. The van der Waals surface area contributed by atoms with Crippen LogP contribution in [0.1, 0.15) is 64.5 Å². The van der Waals surface area contributed by atoms with Crippen LogP contribution in [0, 0.1) is 7.14 Å². The zero-order chi connectivity index (χ0) is 38.4. The lowest BCUT2D eigenvalue weighted by Crippen LogP contribution is -2.28. The molecular formula is C38H41I2N2O8S2+. The van der Waals surface area contributed by atoms with Crippen molar-refractivity contribution in [2.75, 3.05) is 18.5 Å². The van der Waals surface area contributed by atoms with E-state index in [1.165, 1.54) is 36.2 Å². The average molecular weight is 972 g/mol. The lowest BCUT2D eigenvalue weighted by atomic mass is 9.79. The molecule has 0 bridgehead atoms. The van der Waals surface area contributed by atoms with Crippen LogP contribution >= 0.6 is 45.2 Å². The van der Waals surface area contributed by atoms with Gasteiger partial charge in [-0.15, -0.1) is 0 Å². The number of likely N-dealkylation sites (N-methyl/N-ethyl adjacent to an activating group) is 1. The SMILES string of the molecule is CN1C(=CC=CC=CC=CC2=[N+](CCCCCC(=O)O)c3ccc4c(S(=O)(=O)O)cc(S(=O)(=O)O)cc4c3C2(C)C)C(C)(C)c2c(I)cc(I)cc21. The Balaban J connectivity index is 1.50. The number of carboxylic acids is 1. The Morgan fingerprint density at radius 3 is 2.15 bits per heavy atom. The molecule has 5 rings (SSSR count). The third-order valence-corrected chi connectivity index (χ3v) is 12.9. The largest absolute Gasteiger partial charge is 0.481 e. The monoisotopic (exact) mass is 971 g/mol. The minimum Gasteiger partial charge on any atom is -0.481 e. The summed E-state index contributed by atoms with van der Waals surface area (Å²) in [5.41, 5.74) is 4.97. The van der Waals surface area contributed by atoms with Crippen LogP contribution in [0.15, 0.2) is 94.4 Å². The molecule has 2 aliphatic rings. The number of unbranched alkanes of at least 4 members (excludes halogenated alkanes) is 2. The summed E-state index contributed by atoms with van der Waals surface area (Å²) < 4.78 is 73.7. The van der Waals surface area contributed by atoms with Crippen LogP contribution in [0.25, 0.3) is 10.8 Å². The number of carbonyl (C=O) groups is 1. The highest BCUT2D eigenvalue weighted by Gasteiger charge is 2.46. The minimum atomic E-state index is -4.86. The van der Waals surface area contributed by atoms with E-state index >= 15 is 0 Å². The molecule has 0 unspecified atom stereocenters. The molecule has 3 aromatic carbocycles. The molecule has 2 aliphatic heterocycles. The van der Waals surface area contributed by atoms with Crippen molar-refractivity contribution in [1.82, 2.24) is 0 Å². The lowest BCUT2D eigenvalue weighted by molar-refractivity contribution is -0.438. The number of nitrogens with zero attached hydrogens (tertiary/aromatic N) is 2. The number of benzene rings is 3. The summed E-state index contributed by atoms with van der Waals surface area (Å²) >= 11 is 4.76. The summed E-state index contributed by atoms with van der Waals surface area (Å²) in [4.78, 5) is 12.0. The van der Waals surface area contributed by atoms with Crippen molar-refractivity contribution >= 4 is 99.2 Å². The van der Waals surface area contributed by atoms with Gasteiger partial charge in [0.05, 0.1) is 10.3 Å². The first-order valence-corrected chi connectivity index (χ1v) is 21.6. The van der Waals surface area contributed by atoms with Gasteiger partial charge in [0, 0.05) is 72.5 Å². The molecular weight excluding hydrogens is 930 g/mol. The van der Waals surface area contributed by atoms with Crippen molar-refractivity contribution in [3.05, 3.63) is 103 Å². The first kappa shape index (κ1) is 40.3. The normalized spacial score (nSPS) is 17.8. The predicted molar refractivity (Wildman–Crippen MR) is 221 cm³/mol. The smallest absolute Gasteiger partial charge is 0.303 e. The Labute approximate surface area is 332 Å². The zero-order valence-electron chi connectivity index (χ0n) is 29.4. The van der Waals surface area contributed by atoms with Gasteiger partial charge in [0.1, 0.15) is 11.4 Å². The number of hydrogen-bond donors (Lipinski definition) is 3. The van der Waals surface area contributed by atoms with Crippen LogP contribution in [-0.2, 0) is 35.9 Å². The molecule has 2 heterocycles. The summed E-state index contributed by atoms with van der Waals surface area (Å²) in [6, 6.07) is 9.66. The van der Waals surface area contributed by atoms with Gasteiger partial charge < -0.3 is 10.0 Å². The maximum atomic E-state index is 12.4. The van der Waals surface area contributed by atoms with Gasteiger partial charge in [-0.25, -0.2) is 0 Å². The number of carboxylic acid groups (broad SMARTS) is 1. The zero-order valence-corrected chi connectivity index (χ0v) is 35.3. The Morgan fingerprint density at radius 2 is 1.50 bits per heavy atom. The van der Waals surface area contributed by atoms with E-state index in [0.29, 0.717) is 37.1 Å². The lowest BCUT2D eigenvalue weighted by Gasteiger charge is -2.24. The van der Waals surface area contributed by atoms with Crippen LogP contribution in [0.4, 0.5) is 11.4 Å². The second-order valence-electron chi connectivity index (χ2n) is 13.9. The highest BCUT2D eigenvalue weighted by atomic mass is 127. The van der Waals surface area contributed by atoms with E-state index in [4.69, 9.17) is 5.11 Å². The van der Waals surface area contributed by atoms with Gasteiger partial charge in [-0.1, -0.05) is 44.2 Å². The number of anilines is 1. The van der Waals surface area contributed by atoms with Gasteiger partial charge in [-0.3, -0.25) is 13.9 Å². The highest BCUT2D eigenvalue weighted by Crippen LogP contribution is 2.50. The maximum absolute atomic E-state index is 12.4. The molecule has 0 amide bonds. The molecule has 10 nitrogen and oxygen atoms in total. The van der Waals surface area contributed by atoms with Crippen LogP contribution in [0.5, 0.6) is 0 Å². The topological polar surface area (TPSA) is 152 Å². The number of allylic oxidation sites excluding steroid dienone is 8. The van der Waals surface area contributed by atoms with Crippen LogP contribution in [-0.4, -0.2) is 60.9 Å². The first-order chi connectivity index (χ1) is 24.2. The highest BCUT2D eigenvalue weighted by molar-refractivity contribution is 14.1. The number of halogens is 2. The molecule has 276 valence electrons. The third-order valence-electron chi connectivity index (χ3n) is 9.72. The second kappa shape index (κ2) is 15.1. The Bertz CT molecular complexity index is 2360. The van der Waals surface area contributed by atoms with E-state index in [-0.39, 0.29) is 22.6 Å².